The summed E-state index contributed by atoms with van der Waals surface area (Å²) in [6.45, 7) is 11.5. The van der Waals surface area contributed by atoms with E-state index < -0.39 is 0 Å². The number of methoxy groups -OCH3 is 1. The second kappa shape index (κ2) is 12.9. The molecule has 1 aromatic rings. The SMILES string of the molecule is CCNC(=NCC(C)(C)c1cccc(OC)c1)NC1CCN(C(=O)OCC)CC1.I. The zero-order valence-corrected chi connectivity index (χ0v) is 21.2. The third-order valence-corrected chi connectivity index (χ3v) is 5.19. The van der Waals surface area contributed by atoms with E-state index in [1.54, 1.807) is 12.0 Å². The molecule has 0 saturated carbocycles. The molecule has 0 atom stereocenters. The highest BCUT2D eigenvalue weighted by Gasteiger charge is 2.25. The fraction of sp³-hybridized carbons (Fsp3) is 0.636. The number of carbonyl (C=O) groups excluding carboxylic acids is 1. The Labute approximate surface area is 198 Å². The van der Waals surface area contributed by atoms with Crippen LogP contribution in [0.2, 0.25) is 0 Å². The number of likely N-dealkylation sites (tertiary alicyclic amines) is 1. The van der Waals surface area contributed by atoms with Gasteiger partial charge in [-0.25, -0.2) is 4.79 Å². The van der Waals surface area contributed by atoms with Crippen LogP contribution in [0.25, 0.3) is 0 Å². The van der Waals surface area contributed by atoms with Crippen molar-refractivity contribution in [2.75, 3.05) is 39.9 Å². The molecule has 0 unspecified atom stereocenters. The molecule has 0 aromatic heterocycles. The molecule has 7 nitrogen and oxygen atoms in total. The predicted octanol–water partition coefficient (Wildman–Crippen LogP) is 3.77. The van der Waals surface area contributed by atoms with Gasteiger partial charge in [0.2, 0.25) is 0 Å². The summed E-state index contributed by atoms with van der Waals surface area (Å²) in [5.74, 6) is 1.68. The lowest BCUT2D eigenvalue weighted by Gasteiger charge is -2.32. The second-order valence-corrected chi connectivity index (χ2v) is 7.92. The monoisotopic (exact) mass is 532 g/mol. The van der Waals surface area contributed by atoms with Gasteiger partial charge in [0.15, 0.2) is 5.96 Å². The summed E-state index contributed by atoms with van der Waals surface area (Å²) < 4.78 is 10.5. The highest BCUT2D eigenvalue weighted by molar-refractivity contribution is 14.0. The highest BCUT2D eigenvalue weighted by atomic mass is 127. The molecule has 1 aliphatic rings. The molecule has 1 amide bonds. The van der Waals surface area contributed by atoms with Gasteiger partial charge in [0.05, 0.1) is 20.3 Å². The molecule has 8 heteroatoms. The smallest absolute Gasteiger partial charge is 0.409 e. The molecule has 2 rings (SSSR count). The number of aliphatic imine (C=N–C) groups is 1. The number of guanidine groups is 1. The number of rotatable bonds is 7. The topological polar surface area (TPSA) is 75.2 Å². The van der Waals surface area contributed by atoms with Gasteiger partial charge in [-0.2, -0.15) is 0 Å². The molecule has 2 N–H and O–H groups in total. The number of carbonyl (C=O) groups is 1. The summed E-state index contributed by atoms with van der Waals surface area (Å²) >= 11 is 0. The number of nitrogens with zero attached hydrogens (tertiary/aromatic N) is 2. The van der Waals surface area contributed by atoms with Gasteiger partial charge in [0, 0.05) is 31.1 Å². The van der Waals surface area contributed by atoms with Crippen molar-refractivity contribution in [3.8, 4) is 5.75 Å². The van der Waals surface area contributed by atoms with Gasteiger partial charge in [-0.1, -0.05) is 26.0 Å². The van der Waals surface area contributed by atoms with E-state index in [0.29, 0.717) is 32.3 Å². The van der Waals surface area contributed by atoms with Gasteiger partial charge in [-0.05, 0) is 44.4 Å². The number of ether oxygens (including phenoxy) is 2. The number of benzene rings is 1. The Bertz CT molecular complexity index is 689. The van der Waals surface area contributed by atoms with Gasteiger partial charge in [0.25, 0.3) is 0 Å². The number of amides is 1. The van der Waals surface area contributed by atoms with Gasteiger partial charge in [-0.3, -0.25) is 4.99 Å². The first kappa shape index (κ1) is 26.3. The van der Waals surface area contributed by atoms with Crippen molar-refractivity contribution in [2.24, 2.45) is 4.99 Å². The Hall–Kier alpha value is -1.71. The molecular formula is C22H37IN4O3. The van der Waals surface area contributed by atoms with Crippen molar-refractivity contribution in [3.05, 3.63) is 29.8 Å². The average molecular weight is 532 g/mol. The summed E-state index contributed by atoms with van der Waals surface area (Å²) in [5, 5.41) is 6.87. The zero-order chi connectivity index (χ0) is 21.3. The molecule has 1 fully saturated rings. The number of hydrogen-bond acceptors (Lipinski definition) is 4. The minimum Gasteiger partial charge on any atom is -0.497 e. The van der Waals surface area contributed by atoms with Gasteiger partial charge in [0.1, 0.15) is 5.75 Å². The van der Waals surface area contributed by atoms with E-state index in [0.717, 1.165) is 31.1 Å². The van der Waals surface area contributed by atoms with E-state index in [1.807, 2.05) is 19.1 Å². The molecule has 1 aliphatic heterocycles. The molecule has 0 aliphatic carbocycles. The van der Waals surface area contributed by atoms with Crippen LogP contribution in [0.1, 0.15) is 46.1 Å². The second-order valence-electron chi connectivity index (χ2n) is 7.92. The molecule has 1 saturated heterocycles. The summed E-state index contributed by atoms with van der Waals surface area (Å²) in [7, 11) is 1.69. The predicted molar refractivity (Wildman–Crippen MR) is 132 cm³/mol. The van der Waals surface area contributed by atoms with Crippen LogP contribution >= 0.6 is 24.0 Å². The minimum absolute atomic E-state index is 0. The number of hydrogen-bond donors (Lipinski definition) is 2. The van der Waals surface area contributed by atoms with E-state index in [9.17, 15) is 4.79 Å². The van der Waals surface area contributed by atoms with Crippen molar-refractivity contribution in [2.45, 2.75) is 52.0 Å². The maximum absolute atomic E-state index is 11.9. The van der Waals surface area contributed by atoms with E-state index >= 15 is 0 Å². The fourth-order valence-electron chi connectivity index (χ4n) is 3.35. The van der Waals surface area contributed by atoms with Crippen molar-refractivity contribution >= 4 is 36.0 Å². The van der Waals surface area contributed by atoms with Crippen LogP contribution in [0, 0.1) is 0 Å². The molecule has 0 spiro atoms. The van der Waals surface area contributed by atoms with E-state index in [4.69, 9.17) is 14.5 Å². The molecule has 30 heavy (non-hydrogen) atoms. The molecule has 1 heterocycles. The molecule has 1 aromatic carbocycles. The van der Waals surface area contributed by atoms with Crippen LogP contribution in [-0.2, 0) is 10.2 Å². The molecule has 0 radical (unpaired) electrons. The van der Waals surface area contributed by atoms with Gasteiger partial charge >= 0.3 is 6.09 Å². The van der Waals surface area contributed by atoms with Crippen LogP contribution in [0.4, 0.5) is 4.79 Å². The van der Waals surface area contributed by atoms with Crippen LogP contribution < -0.4 is 15.4 Å². The maximum atomic E-state index is 11.9. The Morgan fingerprint density at radius 3 is 2.57 bits per heavy atom. The largest absolute Gasteiger partial charge is 0.497 e. The first-order valence-electron chi connectivity index (χ1n) is 10.5. The van der Waals surface area contributed by atoms with Crippen LogP contribution in [0.5, 0.6) is 5.75 Å². The van der Waals surface area contributed by atoms with Crippen molar-refractivity contribution in [1.82, 2.24) is 15.5 Å². The summed E-state index contributed by atoms with van der Waals surface area (Å²) in [6, 6.07) is 8.44. The average Bonchev–Trinajstić information content (AvgIpc) is 2.73. The van der Waals surface area contributed by atoms with E-state index in [1.165, 1.54) is 5.56 Å². The van der Waals surface area contributed by atoms with E-state index in [2.05, 4.69) is 43.5 Å². The summed E-state index contributed by atoms with van der Waals surface area (Å²) in [5.41, 5.74) is 1.07. The Morgan fingerprint density at radius 1 is 1.27 bits per heavy atom. The summed E-state index contributed by atoms with van der Waals surface area (Å²) in [6.07, 6.45) is 1.54. The Kier molecular flexibility index (Phi) is 11.3. The van der Waals surface area contributed by atoms with E-state index in [-0.39, 0.29) is 35.5 Å². The normalized spacial score (nSPS) is 15.2. The molecule has 0 bridgehead atoms. The van der Waals surface area contributed by atoms with Crippen LogP contribution in [-0.4, -0.2) is 62.9 Å². The number of piperidine rings is 1. The van der Waals surface area contributed by atoms with Crippen LogP contribution in [0.3, 0.4) is 0 Å². The molecule has 170 valence electrons. The Morgan fingerprint density at radius 2 is 1.97 bits per heavy atom. The van der Waals surface area contributed by atoms with Gasteiger partial charge in [-0.15, -0.1) is 24.0 Å². The zero-order valence-electron chi connectivity index (χ0n) is 18.9. The fourth-order valence-corrected chi connectivity index (χ4v) is 3.35. The third-order valence-electron chi connectivity index (χ3n) is 5.19. The first-order chi connectivity index (χ1) is 13.9. The molecular weight excluding hydrogens is 495 g/mol. The van der Waals surface area contributed by atoms with Crippen molar-refractivity contribution in [3.63, 3.8) is 0 Å². The van der Waals surface area contributed by atoms with Crippen molar-refractivity contribution in [1.29, 1.82) is 0 Å². The first-order valence-corrected chi connectivity index (χ1v) is 10.5. The number of halogens is 1. The third kappa shape index (κ3) is 7.85. The van der Waals surface area contributed by atoms with Crippen molar-refractivity contribution < 1.29 is 14.3 Å². The summed E-state index contributed by atoms with van der Waals surface area (Å²) in [4.78, 5) is 18.5. The standard InChI is InChI=1S/C22H36N4O3.HI/c1-6-23-20(25-18-11-13-26(14-12-18)21(27)29-7-2)24-16-22(3,4)17-9-8-10-19(15-17)28-5;/h8-10,15,18H,6-7,11-14,16H2,1-5H3,(H2,23,24,25);1H. The number of nitrogens with one attached hydrogen (secondary N) is 2. The maximum Gasteiger partial charge on any atom is 0.409 e. The lowest BCUT2D eigenvalue weighted by atomic mass is 9.84. The Balaban J connectivity index is 0.00000450. The lowest BCUT2D eigenvalue weighted by Crippen LogP contribution is -2.50. The minimum atomic E-state index is -0.216. The van der Waals surface area contributed by atoms with Gasteiger partial charge < -0.3 is 25.0 Å². The lowest BCUT2D eigenvalue weighted by molar-refractivity contribution is 0.0963. The highest BCUT2D eigenvalue weighted by Crippen LogP contribution is 2.26. The van der Waals surface area contributed by atoms with Crippen LogP contribution in [0.15, 0.2) is 29.3 Å². The quantitative estimate of drug-likeness (QED) is 0.318.